The van der Waals surface area contributed by atoms with Crippen molar-refractivity contribution in [3.8, 4) is 0 Å². The van der Waals surface area contributed by atoms with Gasteiger partial charge in [0.2, 0.25) is 65.0 Å². The number of hydrogen-bond acceptors (Lipinski definition) is 26. The molecule has 0 fully saturated rings. The van der Waals surface area contributed by atoms with Crippen LogP contribution in [-0.4, -0.2) is 279 Å². The fourth-order valence-corrected chi connectivity index (χ4v) is 11.7. The molecule has 0 aromatic heterocycles. The van der Waals surface area contributed by atoms with E-state index < -0.39 is 126 Å². The second kappa shape index (κ2) is 62.9. The molecule has 1 aromatic carbocycles. The Bertz CT molecular complexity index is 3290. The standard InChI is InChI=1S/C46H75N11O12S.C33H65N7O9/c1-8-30(59)22-29(21-28-13-10-9-11-14-28)40(64)52-31(15-12-17-50-46(48)49)41(65)57-36(24-58)45(69)53-32(16-18-70-7)42(66)56-35(23-37(60)61)44(68)55-34(20-26(4)5)43(67)51-27(6)39(63)54-33(38(47)62)19-25(2)3;1-26(39-44)32(3,4)37-15-12-28(13-16-38-33(5,6)27(2)40-45)11-14-34-29(41)9-8-10-30(42)35-17-19-47-21-23-49-24-22-48-20-18-36-31(43)25-46-7/h9-11,13-14,25-27,29,31-36,58H,8,12,15-24H2,1-7H3,(H2,47,62)(H,51,67)(H,52,64)(H,53,69)(H,54,63)(H,55,68)(H,56,66)(H,57,65)(H,60,61)(H4,48,49,50);28,37-38,44-45H,8-25H2,1-7H3,(H,34,41)(H,35,42)(H,36,43)/b;39-26-,40-27-/t27-,29+,31-,32-,33-,34-,35-,36-;/m0./s1. The van der Waals surface area contributed by atoms with Crippen LogP contribution in [0.15, 0.2) is 45.6 Å². The van der Waals surface area contributed by atoms with Crippen molar-refractivity contribution in [2.24, 2.45) is 56.2 Å². The second-order valence-corrected chi connectivity index (χ2v) is 31.6. The first-order valence-electron chi connectivity index (χ1n) is 40.5. The zero-order valence-electron chi connectivity index (χ0n) is 72.2. The maximum Gasteiger partial charge on any atom is 0.305 e. The van der Waals surface area contributed by atoms with Gasteiger partial charge in [-0.15, -0.1) is 0 Å². The van der Waals surface area contributed by atoms with E-state index in [2.05, 4.69) is 79.1 Å². The molecule has 678 valence electrons. The van der Waals surface area contributed by atoms with Gasteiger partial charge in [0.1, 0.15) is 54.7 Å². The minimum Gasteiger partial charge on any atom is -0.481 e. The number of benzene rings is 1. The van der Waals surface area contributed by atoms with E-state index in [1.54, 1.807) is 71.2 Å². The van der Waals surface area contributed by atoms with Crippen molar-refractivity contribution < 1.29 is 102 Å². The molecule has 0 saturated heterocycles. The van der Waals surface area contributed by atoms with Crippen molar-refractivity contribution in [3.05, 3.63) is 35.9 Å². The number of thioether (sulfide) groups is 1. The summed E-state index contributed by atoms with van der Waals surface area (Å²) in [5.74, 6) is -9.74. The van der Waals surface area contributed by atoms with Crippen molar-refractivity contribution in [3.63, 3.8) is 0 Å². The number of nitrogens with zero attached hydrogens (tertiary/aromatic N) is 3. The molecule has 0 aliphatic heterocycles. The lowest BCUT2D eigenvalue weighted by Gasteiger charge is -2.28. The number of nitrogens with two attached hydrogens (primary N) is 3. The summed E-state index contributed by atoms with van der Waals surface area (Å²) in [5.41, 5.74) is 17.4. The molecule has 1 aromatic rings. The summed E-state index contributed by atoms with van der Waals surface area (Å²) in [6.07, 6.45) is 4.83. The first-order chi connectivity index (χ1) is 56.2. The van der Waals surface area contributed by atoms with Gasteiger partial charge in [0, 0.05) is 64.9 Å². The lowest BCUT2D eigenvalue weighted by Crippen LogP contribution is -2.60. The predicted molar refractivity (Wildman–Crippen MR) is 452 cm³/mol. The van der Waals surface area contributed by atoms with Crippen LogP contribution in [0.4, 0.5) is 0 Å². The molecule has 119 heavy (non-hydrogen) atoms. The van der Waals surface area contributed by atoms with Crippen LogP contribution in [0.5, 0.6) is 0 Å². The smallest absolute Gasteiger partial charge is 0.305 e. The van der Waals surface area contributed by atoms with Crippen molar-refractivity contribution in [2.45, 2.75) is 233 Å². The van der Waals surface area contributed by atoms with Crippen LogP contribution in [0.2, 0.25) is 0 Å². The Balaban J connectivity index is 0.00000249. The summed E-state index contributed by atoms with van der Waals surface area (Å²) in [7, 11) is 1.46. The van der Waals surface area contributed by atoms with Gasteiger partial charge in [-0.3, -0.25) is 67.3 Å². The van der Waals surface area contributed by atoms with Gasteiger partial charge in [-0.2, -0.15) is 11.8 Å². The van der Waals surface area contributed by atoms with Crippen molar-refractivity contribution >= 4 is 106 Å². The Kier molecular flexibility index (Phi) is 58.0. The highest BCUT2D eigenvalue weighted by Gasteiger charge is 2.36. The molecular weight excluding hydrogens is 1570 g/mol. The number of ketones is 1. The third-order valence-corrected chi connectivity index (χ3v) is 19.5. The lowest BCUT2D eigenvalue weighted by molar-refractivity contribution is -0.141. The number of aliphatic hydroxyl groups is 1. The first-order valence-corrected chi connectivity index (χ1v) is 41.9. The highest BCUT2D eigenvalue weighted by atomic mass is 32.2. The number of oxime groups is 2. The Morgan fingerprint density at radius 3 is 1.45 bits per heavy atom. The lowest BCUT2D eigenvalue weighted by atomic mass is 9.92. The number of hydrogen-bond donors (Lipinski definition) is 19. The Labute approximate surface area is 704 Å². The average Bonchev–Trinajstić information content (AvgIpc) is 0.856. The van der Waals surface area contributed by atoms with E-state index >= 15 is 0 Å². The van der Waals surface area contributed by atoms with Crippen molar-refractivity contribution in [1.29, 1.82) is 0 Å². The van der Waals surface area contributed by atoms with Crippen LogP contribution in [0.25, 0.3) is 0 Å². The number of aliphatic hydroxyl groups excluding tert-OH is 1. The largest absolute Gasteiger partial charge is 0.481 e. The number of carbonyl (C=O) groups excluding carboxylic acids is 12. The normalized spacial score (nSPS) is 13.8. The van der Waals surface area contributed by atoms with E-state index in [4.69, 9.17) is 46.6 Å². The summed E-state index contributed by atoms with van der Waals surface area (Å²) in [5, 5.41) is 77.7. The predicted octanol–water partition coefficient (Wildman–Crippen LogP) is -0.0962. The van der Waals surface area contributed by atoms with E-state index in [0.717, 1.165) is 24.8 Å². The number of guanidine groups is 1. The molecule has 22 N–H and O–H groups in total. The monoisotopic (exact) mass is 1710 g/mol. The molecule has 40 heteroatoms. The Hall–Kier alpha value is -9.19. The van der Waals surface area contributed by atoms with Gasteiger partial charge in [-0.25, -0.2) is 0 Å². The minimum atomic E-state index is -1.79. The minimum absolute atomic E-state index is 0.00497. The number of ether oxygens (including phenoxy) is 4. The molecule has 1 rings (SSSR count). The molecular formula is C79H140N18O21S. The molecule has 0 aliphatic rings. The maximum absolute atomic E-state index is 13.8. The number of primary amides is 1. The van der Waals surface area contributed by atoms with Gasteiger partial charge in [0.05, 0.1) is 75.2 Å². The molecule has 0 unspecified atom stereocenters. The SMILES string of the molecule is CCC(=O)C[C@@H](Cc1ccccc1)C(=O)N[C@@H](CCCN=C(N)N)C(=O)N[C@@H](CO)C(=O)N[C@@H](CCSC)C(=O)N[C@@H](CC(=O)O)C(=O)N[C@@H](CC(C)C)C(=O)N[C@@H](C)C(=O)N[C@@H](CC(C)C)C(N)=O.COCC(=O)NCCOCCOCCOCCNC(=O)CCCC(=O)NCCC(CCNC(C)(C)/C(C)=N\O)CCNC(C)(C)/C(C)=N\O. The zero-order chi connectivity index (χ0) is 90.1. The molecule has 0 spiro atoms. The third kappa shape index (κ3) is 51.8. The van der Waals surface area contributed by atoms with Gasteiger partial charge in [0.15, 0.2) is 5.96 Å². The third-order valence-electron chi connectivity index (χ3n) is 18.9. The van der Waals surface area contributed by atoms with E-state index in [-0.39, 0.29) is 124 Å². The van der Waals surface area contributed by atoms with Gasteiger partial charge >= 0.3 is 5.97 Å². The Morgan fingerprint density at radius 2 is 0.966 bits per heavy atom. The maximum atomic E-state index is 13.8. The number of rotatable bonds is 65. The second-order valence-electron chi connectivity index (χ2n) is 30.6. The molecule has 0 radical (unpaired) electrons. The molecule has 39 nitrogen and oxygen atoms in total. The van der Waals surface area contributed by atoms with E-state index in [1.807, 2.05) is 41.5 Å². The topological polar surface area (TPSA) is 599 Å². The van der Waals surface area contributed by atoms with Crippen molar-refractivity contribution in [1.82, 2.24) is 63.8 Å². The summed E-state index contributed by atoms with van der Waals surface area (Å²) < 4.78 is 20.9. The number of methoxy groups -OCH3 is 1. The summed E-state index contributed by atoms with van der Waals surface area (Å²) in [6.45, 7) is 25.8. The highest BCUT2D eigenvalue weighted by Crippen LogP contribution is 2.19. The average molecular weight is 1710 g/mol. The number of aliphatic imine (C=N–C) groups is 1. The van der Waals surface area contributed by atoms with Crippen LogP contribution < -0.4 is 81.0 Å². The van der Waals surface area contributed by atoms with Crippen LogP contribution in [0.3, 0.4) is 0 Å². The first kappa shape index (κ1) is 110. The number of carbonyl (C=O) groups is 13. The number of Topliss-reactive ketones (excluding diaryl/α,β-unsaturated/α-hetero) is 1. The molecule has 8 atom stereocenters. The number of nitrogens with one attached hydrogen (secondary N) is 12. The molecule has 11 amide bonds. The van der Waals surface area contributed by atoms with Gasteiger partial charge in [-0.05, 0) is 161 Å². The van der Waals surface area contributed by atoms with Gasteiger partial charge < -0.3 is 121 Å². The molecule has 0 heterocycles. The fraction of sp³-hybridized carbons (Fsp3) is 0.722. The quantitative estimate of drug-likeness (QED) is 0.0133. The summed E-state index contributed by atoms with van der Waals surface area (Å²) >= 11 is 1.29. The molecule has 0 saturated carbocycles. The molecule has 0 bridgehead atoms. The summed E-state index contributed by atoms with van der Waals surface area (Å²) in [6, 6.07) is -0.804. The van der Waals surface area contributed by atoms with Crippen LogP contribution in [0.1, 0.15) is 179 Å². The van der Waals surface area contributed by atoms with Crippen molar-refractivity contribution in [2.75, 3.05) is 111 Å². The number of aliphatic carboxylic acids is 1. The zero-order valence-corrected chi connectivity index (χ0v) is 73.0. The molecule has 0 aliphatic carbocycles. The van der Waals surface area contributed by atoms with Gasteiger partial charge in [-0.1, -0.05) is 75.3 Å². The van der Waals surface area contributed by atoms with Crippen LogP contribution in [-0.2, 0) is 87.7 Å². The number of carboxylic acid groups (broad SMARTS) is 1. The number of carboxylic acids is 1. The fourth-order valence-electron chi connectivity index (χ4n) is 11.3. The Morgan fingerprint density at radius 1 is 0.521 bits per heavy atom. The van der Waals surface area contributed by atoms with Gasteiger partial charge in [0.25, 0.3) is 0 Å². The van der Waals surface area contributed by atoms with E-state index in [1.165, 1.54) is 25.8 Å². The summed E-state index contributed by atoms with van der Waals surface area (Å²) in [4.78, 5) is 171. The highest BCUT2D eigenvalue weighted by molar-refractivity contribution is 7.98. The van der Waals surface area contributed by atoms with E-state index in [9.17, 15) is 72.5 Å². The number of amides is 11. The van der Waals surface area contributed by atoms with E-state index in [0.29, 0.717) is 96.1 Å². The van der Waals surface area contributed by atoms with Crippen LogP contribution >= 0.6 is 11.8 Å². The van der Waals surface area contributed by atoms with Crippen LogP contribution in [0, 0.1) is 23.7 Å².